The van der Waals surface area contributed by atoms with Crippen molar-refractivity contribution in [1.82, 2.24) is 10.5 Å². The minimum atomic E-state index is -0.0698. The Labute approximate surface area is 126 Å². The van der Waals surface area contributed by atoms with E-state index in [1.165, 1.54) is 12.8 Å². The van der Waals surface area contributed by atoms with Gasteiger partial charge < -0.3 is 9.84 Å². The summed E-state index contributed by atoms with van der Waals surface area (Å²) in [5.74, 6) is 2.13. The zero-order valence-electron chi connectivity index (χ0n) is 11.1. The van der Waals surface area contributed by atoms with Gasteiger partial charge in [-0.05, 0) is 67.0 Å². The number of carbonyl (C=O) groups is 1. The monoisotopic (exact) mass is 374 g/mol. The van der Waals surface area contributed by atoms with Crippen molar-refractivity contribution >= 4 is 28.5 Å². The molecule has 3 rings (SSSR count). The second-order valence-electron chi connectivity index (χ2n) is 5.91. The van der Waals surface area contributed by atoms with Crippen LogP contribution in [0.1, 0.15) is 67.6 Å². The fourth-order valence-electron chi connectivity index (χ4n) is 2.69. The van der Waals surface area contributed by atoms with Crippen LogP contribution in [0.25, 0.3) is 0 Å². The molecule has 0 spiro atoms. The second kappa shape index (κ2) is 5.42. The Hall–Kier alpha value is -0.590. The molecule has 0 bridgehead atoms. The number of nitrogens with zero attached hydrogens (tertiary/aromatic N) is 1. The van der Waals surface area contributed by atoms with Gasteiger partial charge in [0.25, 0.3) is 5.91 Å². The maximum absolute atomic E-state index is 12.2. The Bertz CT molecular complexity index is 474. The van der Waals surface area contributed by atoms with E-state index in [9.17, 15) is 4.79 Å². The van der Waals surface area contributed by atoms with Gasteiger partial charge in [-0.1, -0.05) is 12.1 Å². The summed E-state index contributed by atoms with van der Waals surface area (Å²) in [7, 11) is 0. The number of amides is 1. The molecule has 0 unspecified atom stereocenters. The van der Waals surface area contributed by atoms with E-state index in [2.05, 4.69) is 40.0 Å². The Morgan fingerprint density at radius 3 is 2.58 bits per heavy atom. The van der Waals surface area contributed by atoms with Gasteiger partial charge in [0.05, 0.1) is 3.57 Å². The molecule has 2 aliphatic carbocycles. The van der Waals surface area contributed by atoms with Crippen LogP contribution in [0.4, 0.5) is 0 Å². The van der Waals surface area contributed by atoms with Crippen molar-refractivity contribution in [2.24, 2.45) is 5.92 Å². The Morgan fingerprint density at radius 1 is 1.26 bits per heavy atom. The molecule has 0 aliphatic heterocycles. The summed E-state index contributed by atoms with van der Waals surface area (Å²) in [6.07, 6.45) is 6.88. The molecule has 2 fully saturated rings. The zero-order chi connectivity index (χ0) is 13.4. The normalized spacial score (nSPS) is 27.3. The molecule has 0 radical (unpaired) electrons. The van der Waals surface area contributed by atoms with E-state index >= 15 is 0 Å². The van der Waals surface area contributed by atoms with E-state index in [0.29, 0.717) is 17.7 Å². The van der Waals surface area contributed by atoms with Crippen LogP contribution in [0.2, 0.25) is 0 Å². The quantitative estimate of drug-likeness (QED) is 0.825. The third kappa shape index (κ3) is 2.95. The van der Waals surface area contributed by atoms with Crippen LogP contribution in [-0.2, 0) is 0 Å². The zero-order valence-corrected chi connectivity index (χ0v) is 13.3. The maximum Gasteiger partial charge on any atom is 0.274 e. The molecule has 2 aliphatic rings. The summed E-state index contributed by atoms with van der Waals surface area (Å²) in [6.45, 7) is 2.28. The number of hydrogen-bond acceptors (Lipinski definition) is 3. The standard InChI is InChI=1S/C14H19IN2O2/c1-8-2-6-10(7-3-8)16-14(18)12-11(15)13(19-17-12)9-4-5-9/h8-10H,2-7H2,1H3,(H,16,18). The first-order chi connectivity index (χ1) is 9.15. The van der Waals surface area contributed by atoms with Crippen molar-refractivity contribution in [3.8, 4) is 0 Å². The predicted octanol–water partition coefficient (Wildman–Crippen LogP) is 3.47. The summed E-state index contributed by atoms with van der Waals surface area (Å²) >= 11 is 2.19. The van der Waals surface area contributed by atoms with E-state index in [1.807, 2.05) is 0 Å². The highest BCUT2D eigenvalue weighted by Crippen LogP contribution is 2.42. The molecule has 1 heterocycles. The van der Waals surface area contributed by atoms with E-state index in [4.69, 9.17) is 4.52 Å². The molecule has 4 nitrogen and oxygen atoms in total. The van der Waals surface area contributed by atoms with Crippen molar-refractivity contribution in [2.45, 2.75) is 57.4 Å². The molecular formula is C14H19IN2O2. The lowest BCUT2D eigenvalue weighted by molar-refractivity contribution is 0.0913. The van der Waals surface area contributed by atoms with Crippen molar-refractivity contribution in [2.75, 3.05) is 0 Å². The van der Waals surface area contributed by atoms with Gasteiger partial charge in [-0.15, -0.1) is 0 Å². The third-order valence-corrected chi connectivity index (χ3v) is 5.22. The van der Waals surface area contributed by atoms with Crippen LogP contribution in [-0.4, -0.2) is 17.1 Å². The lowest BCUT2D eigenvalue weighted by Crippen LogP contribution is -2.37. The molecule has 1 aromatic rings. The molecule has 2 saturated carbocycles. The fraction of sp³-hybridized carbons (Fsp3) is 0.714. The van der Waals surface area contributed by atoms with Crippen molar-refractivity contribution in [3.63, 3.8) is 0 Å². The van der Waals surface area contributed by atoms with E-state index < -0.39 is 0 Å². The van der Waals surface area contributed by atoms with Crippen molar-refractivity contribution in [1.29, 1.82) is 0 Å². The SMILES string of the molecule is CC1CCC(NC(=O)c2noc(C3CC3)c2I)CC1. The van der Waals surface area contributed by atoms with E-state index in [-0.39, 0.29) is 5.91 Å². The predicted molar refractivity (Wildman–Crippen MR) is 80.1 cm³/mol. The minimum absolute atomic E-state index is 0.0698. The van der Waals surface area contributed by atoms with Gasteiger partial charge >= 0.3 is 0 Å². The van der Waals surface area contributed by atoms with E-state index in [1.54, 1.807) is 0 Å². The third-order valence-electron chi connectivity index (χ3n) is 4.17. The van der Waals surface area contributed by atoms with Gasteiger partial charge in [-0.2, -0.15) is 0 Å². The average molecular weight is 374 g/mol. The summed E-state index contributed by atoms with van der Waals surface area (Å²) in [4.78, 5) is 12.2. The number of nitrogens with one attached hydrogen (secondary N) is 1. The Kier molecular flexibility index (Phi) is 3.82. The van der Waals surface area contributed by atoms with Crippen LogP contribution in [0.15, 0.2) is 4.52 Å². The largest absolute Gasteiger partial charge is 0.359 e. The van der Waals surface area contributed by atoms with Gasteiger partial charge in [0, 0.05) is 12.0 Å². The van der Waals surface area contributed by atoms with Gasteiger partial charge in [0.15, 0.2) is 11.5 Å². The smallest absolute Gasteiger partial charge is 0.274 e. The van der Waals surface area contributed by atoms with Crippen LogP contribution in [0.3, 0.4) is 0 Å². The van der Waals surface area contributed by atoms with Gasteiger partial charge in [0.2, 0.25) is 0 Å². The maximum atomic E-state index is 12.2. The summed E-state index contributed by atoms with van der Waals surface area (Å²) in [6, 6.07) is 0.306. The summed E-state index contributed by atoms with van der Waals surface area (Å²) in [5, 5.41) is 7.07. The van der Waals surface area contributed by atoms with Gasteiger partial charge in [0.1, 0.15) is 0 Å². The summed E-state index contributed by atoms with van der Waals surface area (Å²) < 4.78 is 6.23. The van der Waals surface area contributed by atoms with Crippen LogP contribution in [0.5, 0.6) is 0 Å². The highest BCUT2D eigenvalue weighted by molar-refractivity contribution is 14.1. The minimum Gasteiger partial charge on any atom is -0.359 e. The molecule has 0 aromatic carbocycles. The lowest BCUT2D eigenvalue weighted by atomic mass is 9.87. The Morgan fingerprint density at radius 2 is 1.95 bits per heavy atom. The molecule has 104 valence electrons. The first kappa shape index (κ1) is 13.4. The fourth-order valence-corrected chi connectivity index (χ4v) is 3.57. The van der Waals surface area contributed by atoms with Crippen LogP contribution >= 0.6 is 22.6 Å². The second-order valence-corrected chi connectivity index (χ2v) is 6.99. The molecule has 5 heteroatoms. The Balaban J connectivity index is 1.63. The highest BCUT2D eigenvalue weighted by atomic mass is 127. The number of carbonyl (C=O) groups excluding carboxylic acids is 1. The molecular weight excluding hydrogens is 355 g/mol. The molecule has 0 atom stereocenters. The first-order valence-electron chi connectivity index (χ1n) is 7.11. The average Bonchev–Trinajstić information content (AvgIpc) is 3.15. The van der Waals surface area contributed by atoms with Crippen molar-refractivity contribution in [3.05, 3.63) is 15.0 Å². The van der Waals surface area contributed by atoms with Gasteiger partial charge in [-0.3, -0.25) is 4.79 Å². The lowest BCUT2D eigenvalue weighted by Gasteiger charge is -2.26. The molecule has 19 heavy (non-hydrogen) atoms. The van der Waals surface area contributed by atoms with Crippen LogP contribution in [0, 0.1) is 9.49 Å². The van der Waals surface area contributed by atoms with E-state index in [0.717, 1.165) is 40.9 Å². The number of aromatic nitrogens is 1. The van der Waals surface area contributed by atoms with Crippen LogP contribution < -0.4 is 5.32 Å². The van der Waals surface area contributed by atoms with Crippen molar-refractivity contribution < 1.29 is 9.32 Å². The number of hydrogen-bond donors (Lipinski definition) is 1. The molecule has 1 N–H and O–H groups in total. The highest BCUT2D eigenvalue weighted by Gasteiger charge is 2.33. The first-order valence-corrected chi connectivity index (χ1v) is 8.19. The number of halogens is 1. The molecule has 1 amide bonds. The van der Waals surface area contributed by atoms with Gasteiger partial charge in [-0.25, -0.2) is 0 Å². The topological polar surface area (TPSA) is 55.1 Å². The summed E-state index contributed by atoms with van der Waals surface area (Å²) in [5.41, 5.74) is 0.473. The number of rotatable bonds is 3. The molecule has 1 aromatic heterocycles. The molecule has 0 saturated heterocycles.